The number of hydrogen-bond donors (Lipinski definition) is 1. The van der Waals surface area contributed by atoms with Crippen LogP contribution in [-0.2, 0) is 0 Å². The summed E-state index contributed by atoms with van der Waals surface area (Å²) in [6, 6.07) is 0. The van der Waals surface area contributed by atoms with Crippen LogP contribution in [0.5, 0.6) is 0 Å². The molecule has 2 nitrogen and oxygen atoms in total. The highest BCUT2D eigenvalue weighted by atomic mass is 14.7. The lowest BCUT2D eigenvalue weighted by Gasteiger charge is -1.87. The molecule has 0 aliphatic carbocycles. The summed E-state index contributed by atoms with van der Waals surface area (Å²) in [6.45, 7) is 1.95. The summed E-state index contributed by atoms with van der Waals surface area (Å²) >= 11 is 0. The van der Waals surface area contributed by atoms with E-state index in [1.165, 1.54) is 0 Å². The van der Waals surface area contributed by atoms with E-state index in [9.17, 15) is 0 Å². The van der Waals surface area contributed by atoms with Crippen molar-refractivity contribution in [1.82, 2.24) is 0 Å². The quantitative estimate of drug-likeness (QED) is 0.522. The van der Waals surface area contributed by atoms with Gasteiger partial charge in [-0.05, 0) is 24.6 Å². The third kappa shape index (κ3) is 4.75. The van der Waals surface area contributed by atoms with Gasteiger partial charge >= 0.3 is 0 Å². The van der Waals surface area contributed by atoms with Crippen molar-refractivity contribution in [3.8, 4) is 0 Å². The lowest BCUT2D eigenvalue weighted by Crippen LogP contribution is -1.83. The zero-order valence-electron chi connectivity index (χ0n) is 8.77. The molecule has 0 fully saturated rings. The van der Waals surface area contributed by atoms with Crippen molar-refractivity contribution >= 4 is 11.9 Å². The maximum absolute atomic E-state index is 7.47. The molecule has 0 atom stereocenters. The van der Waals surface area contributed by atoms with Gasteiger partial charge in [0.15, 0.2) is 0 Å². The Morgan fingerprint density at radius 1 is 1.40 bits per heavy atom. The number of rotatable bonds is 2. The van der Waals surface area contributed by atoms with Crippen molar-refractivity contribution < 1.29 is 0 Å². The van der Waals surface area contributed by atoms with Crippen LogP contribution in [0, 0.1) is 5.41 Å². The molecule has 0 aromatic heterocycles. The fraction of sp³-hybridized carbons (Fsp3) is 0.154. The Labute approximate surface area is 90.2 Å². The van der Waals surface area contributed by atoms with Crippen LogP contribution >= 0.6 is 0 Å². The minimum absolute atomic E-state index is 0.572. The normalized spacial score (nSPS) is 18.3. The van der Waals surface area contributed by atoms with Gasteiger partial charge < -0.3 is 5.41 Å². The third-order valence-corrected chi connectivity index (χ3v) is 1.80. The Balaban J connectivity index is 2.92. The summed E-state index contributed by atoms with van der Waals surface area (Å²) in [5.41, 5.74) is 4.54. The minimum Gasteiger partial charge on any atom is -0.305 e. The number of nitrogens with zero attached hydrogens (tertiary/aromatic N) is 1. The Kier molecular flexibility index (Phi) is 4.85. The van der Waals surface area contributed by atoms with Crippen LogP contribution in [0.4, 0.5) is 0 Å². The molecule has 1 aliphatic heterocycles. The molecule has 0 unspecified atom stereocenters. The van der Waals surface area contributed by atoms with Crippen LogP contribution in [0.25, 0.3) is 0 Å². The maximum atomic E-state index is 7.47. The van der Waals surface area contributed by atoms with Crippen LogP contribution in [-0.4, -0.2) is 11.9 Å². The minimum atomic E-state index is 0.572. The Morgan fingerprint density at radius 2 is 2.27 bits per heavy atom. The highest BCUT2D eigenvalue weighted by Crippen LogP contribution is 2.00. The summed E-state index contributed by atoms with van der Waals surface area (Å²) in [6.07, 6.45) is 15.3. The van der Waals surface area contributed by atoms with Gasteiger partial charge in [0.05, 0.1) is 0 Å². The van der Waals surface area contributed by atoms with Gasteiger partial charge in [0.1, 0.15) is 0 Å². The van der Waals surface area contributed by atoms with Crippen molar-refractivity contribution in [1.29, 1.82) is 5.41 Å². The lowest BCUT2D eigenvalue weighted by atomic mass is 10.2. The van der Waals surface area contributed by atoms with Gasteiger partial charge in [-0.25, -0.2) is 0 Å². The zero-order valence-corrected chi connectivity index (χ0v) is 8.77. The van der Waals surface area contributed by atoms with Gasteiger partial charge in [-0.3, -0.25) is 4.99 Å². The van der Waals surface area contributed by atoms with Gasteiger partial charge in [0.25, 0.3) is 0 Å². The number of hydrogen-bond acceptors (Lipinski definition) is 2. The van der Waals surface area contributed by atoms with Crippen LogP contribution in [0.2, 0.25) is 0 Å². The van der Waals surface area contributed by atoms with E-state index in [2.05, 4.69) is 10.7 Å². The third-order valence-electron chi connectivity index (χ3n) is 1.80. The predicted molar refractivity (Wildman–Crippen MR) is 65.5 cm³/mol. The van der Waals surface area contributed by atoms with E-state index in [1.807, 2.05) is 37.3 Å². The van der Waals surface area contributed by atoms with E-state index in [4.69, 9.17) is 5.41 Å². The summed E-state index contributed by atoms with van der Waals surface area (Å²) in [5.74, 6) is 0. The van der Waals surface area contributed by atoms with Gasteiger partial charge in [0, 0.05) is 29.8 Å². The summed E-state index contributed by atoms with van der Waals surface area (Å²) in [4.78, 5) is 4.03. The predicted octanol–water partition coefficient (Wildman–Crippen LogP) is 3.21. The van der Waals surface area contributed by atoms with E-state index < -0.39 is 0 Å². The molecule has 2 heteroatoms. The summed E-state index contributed by atoms with van der Waals surface area (Å²) in [5, 5.41) is 7.47. The molecule has 0 amide bonds. The van der Waals surface area contributed by atoms with Crippen LogP contribution in [0.15, 0.2) is 59.0 Å². The Hall–Kier alpha value is -1.92. The van der Waals surface area contributed by atoms with E-state index in [0.29, 0.717) is 5.71 Å². The summed E-state index contributed by atoms with van der Waals surface area (Å²) in [7, 11) is 0. The molecular formula is C13H14N2. The van der Waals surface area contributed by atoms with Crippen LogP contribution < -0.4 is 0 Å². The molecule has 0 spiro atoms. The highest BCUT2D eigenvalue weighted by molar-refractivity contribution is 5.91. The summed E-state index contributed by atoms with van der Waals surface area (Å²) < 4.78 is 0. The first-order chi connectivity index (χ1) is 7.33. The van der Waals surface area contributed by atoms with Gasteiger partial charge in [0.2, 0.25) is 0 Å². The molecule has 76 valence electrons. The molecule has 0 aromatic carbocycles. The fourth-order valence-corrected chi connectivity index (χ4v) is 0.920. The molecule has 1 heterocycles. The number of aliphatic imine (C=N–C) groups is 1. The van der Waals surface area contributed by atoms with Gasteiger partial charge in [-0.1, -0.05) is 19.1 Å². The molecule has 1 rings (SSSR count). The smallest absolute Gasteiger partial charge is 0.0388 e. The van der Waals surface area contributed by atoms with Crippen molar-refractivity contribution in [3.05, 3.63) is 54.0 Å². The van der Waals surface area contributed by atoms with Crippen molar-refractivity contribution in [3.63, 3.8) is 0 Å². The molecule has 0 aromatic rings. The Bertz CT molecular complexity index is 376. The van der Waals surface area contributed by atoms with Crippen molar-refractivity contribution in [2.24, 2.45) is 4.99 Å². The molecule has 0 saturated heterocycles. The van der Waals surface area contributed by atoms with Gasteiger partial charge in [-0.2, -0.15) is 0 Å². The first-order valence-corrected chi connectivity index (χ1v) is 4.90. The second kappa shape index (κ2) is 6.52. The largest absolute Gasteiger partial charge is 0.305 e. The fourth-order valence-electron chi connectivity index (χ4n) is 0.920. The second-order valence-corrected chi connectivity index (χ2v) is 2.98. The first kappa shape index (κ1) is 11.2. The lowest BCUT2D eigenvalue weighted by molar-refractivity contribution is 1.26. The monoisotopic (exact) mass is 198 g/mol. The molecule has 0 bridgehead atoms. The maximum Gasteiger partial charge on any atom is 0.0388 e. The molecular weight excluding hydrogens is 184 g/mol. The average molecular weight is 198 g/mol. The van der Waals surface area contributed by atoms with E-state index in [0.717, 1.165) is 12.0 Å². The highest BCUT2D eigenvalue weighted by Gasteiger charge is 1.85. The average Bonchev–Trinajstić information content (AvgIpc) is 2.39. The first-order valence-electron chi connectivity index (χ1n) is 4.90. The topological polar surface area (TPSA) is 36.2 Å². The standard InChI is InChI=1S/C13H14N2/c1-2-13(14)8-7-12-6-4-3-5-10-15-11-9-12/h3-6,8-11,14H,2H2,1H3/b5-3-,6-4-,11-9?,14-13?,15-10?. The molecule has 1 N–H and O–H groups in total. The van der Waals surface area contributed by atoms with E-state index >= 15 is 0 Å². The van der Waals surface area contributed by atoms with E-state index in [1.54, 1.807) is 18.5 Å². The molecule has 0 saturated carbocycles. The zero-order chi connectivity index (χ0) is 10.9. The second-order valence-electron chi connectivity index (χ2n) is 2.98. The number of nitrogens with one attached hydrogen (secondary N) is 1. The van der Waals surface area contributed by atoms with Crippen molar-refractivity contribution in [2.75, 3.05) is 0 Å². The Morgan fingerprint density at radius 3 is 3.07 bits per heavy atom. The molecule has 0 radical (unpaired) electrons. The van der Waals surface area contributed by atoms with Crippen LogP contribution in [0.1, 0.15) is 13.3 Å². The molecule has 15 heavy (non-hydrogen) atoms. The van der Waals surface area contributed by atoms with Crippen molar-refractivity contribution in [2.45, 2.75) is 13.3 Å². The van der Waals surface area contributed by atoms with E-state index in [-0.39, 0.29) is 0 Å². The number of allylic oxidation sites excluding steroid dienone is 6. The van der Waals surface area contributed by atoms with Crippen LogP contribution in [0.3, 0.4) is 0 Å². The van der Waals surface area contributed by atoms with Gasteiger partial charge in [-0.15, -0.1) is 5.73 Å². The SMILES string of the molecule is CCC(=N)C=C=C1C=CN=C/C=C\C=C/1. The molecule has 1 aliphatic rings.